The lowest BCUT2D eigenvalue weighted by molar-refractivity contribution is -0.00118. The number of rotatable bonds is 7. The largest absolute Gasteiger partial charge is 0.389 e. The molecule has 33 heavy (non-hydrogen) atoms. The van der Waals surface area contributed by atoms with Crippen molar-refractivity contribution in [1.29, 1.82) is 0 Å². The zero-order valence-corrected chi connectivity index (χ0v) is 19.6. The summed E-state index contributed by atoms with van der Waals surface area (Å²) in [6.45, 7) is 2.33. The van der Waals surface area contributed by atoms with Gasteiger partial charge in [0.25, 0.3) is 5.56 Å². The molecular formula is C27H28N2O3S. The average molecular weight is 461 g/mol. The van der Waals surface area contributed by atoms with Crippen LogP contribution in [0.5, 0.6) is 0 Å². The summed E-state index contributed by atoms with van der Waals surface area (Å²) in [6.07, 6.45) is 4.71. The zero-order chi connectivity index (χ0) is 22.8. The Morgan fingerprint density at radius 3 is 2.67 bits per heavy atom. The lowest BCUT2D eigenvalue weighted by Gasteiger charge is -2.23. The van der Waals surface area contributed by atoms with Crippen LogP contribution in [0.4, 0.5) is 0 Å². The van der Waals surface area contributed by atoms with Gasteiger partial charge in [-0.1, -0.05) is 54.6 Å². The molecule has 0 amide bonds. The first-order valence-electron chi connectivity index (χ1n) is 11.5. The second-order valence-corrected chi connectivity index (χ2v) is 9.81. The van der Waals surface area contributed by atoms with E-state index in [-0.39, 0.29) is 24.8 Å². The number of fused-ring (bicyclic) bond motifs is 3. The van der Waals surface area contributed by atoms with Crippen molar-refractivity contribution in [2.75, 3.05) is 6.61 Å². The second-order valence-electron chi connectivity index (χ2n) is 8.73. The van der Waals surface area contributed by atoms with Gasteiger partial charge < -0.3 is 9.84 Å². The van der Waals surface area contributed by atoms with E-state index < -0.39 is 6.10 Å². The molecule has 1 N–H and O–H groups in total. The molecule has 2 atom stereocenters. The minimum absolute atomic E-state index is 0.0584. The van der Waals surface area contributed by atoms with Gasteiger partial charge in [0.05, 0.1) is 31.0 Å². The Kier molecular flexibility index (Phi) is 6.40. The number of aliphatic hydroxyl groups is 1. The monoisotopic (exact) mass is 460 g/mol. The highest BCUT2D eigenvalue weighted by Gasteiger charge is 2.22. The Balaban J connectivity index is 1.35. The summed E-state index contributed by atoms with van der Waals surface area (Å²) in [4.78, 5) is 19.8. The van der Waals surface area contributed by atoms with Crippen LogP contribution in [0.1, 0.15) is 46.1 Å². The van der Waals surface area contributed by atoms with Crippen LogP contribution in [0.2, 0.25) is 0 Å². The Morgan fingerprint density at radius 2 is 1.85 bits per heavy atom. The van der Waals surface area contributed by atoms with Crippen LogP contribution >= 0.6 is 11.3 Å². The molecule has 5 nitrogen and oxygen atoms in total. The normalized spacial score (nSPS) is 15.3. The van der Waals surface area contributed by atoms with Crippen molar-refractivity contribution in [2.45, 2.75) is 51.4 Å². The third kappa shape index (κ3) is 4.51. The highest BCUT2D eigenvalue weighted by Crippen LogP contribution is 2.33. The fraction of sp³-hybridized carbons (Fsp3) is 0.333. The van der Waals surface area contributed by atoms with Gasteiger partial charge in [0.1, 0.15) is 10.9 Å². The zero-order valence-electron chi connectivity index (χ0n) is 18.7. The molecule has 1 aliphatic rings. The summed E-state index contributed by atoms with van der Waals surface area (Å²) >= 11 is 1.64. The van der Waals surface area contributed by atoms with Crippen molar-refractivity contribution >= 4 is 21.6 Å². The molecule has 0 fully saturated rings. The lowest BCUT2D eigenvalue weighted by atomic mass is 9.97. The maximum Gasteiger partial charge on any atom is 0.262 e. The molecule has 2 aromatic carbocycles. The van der Waals surface area contributed by atoms with E-state index in [9.17, 15) is 9.90 Å². The number of aliphatic hydroxyl groups excluding tert-OH is 1. The number of thiophene rings is 1. The van der Waals surface area contributed by atoms with Crippen LogP contribution in [0.25, 0.3) is 10.2 Å². The van der Waals surface area contributed by atoms with Gasteiger partial charge in [0.15, 0.2) is 0 Å². The molecule has 0 saturated heterocycles. The fourth-order valence-electron chi connectivity index (χ4n) is 4.67. The topological polar surface area (TPSA) is 64.3 Å². The van der Waals surface area contributed by atoms with E-state index in [1.807, 2.05) is 42.5 Å². The van der Waals surface area contributed by atoms with Crippen LogP contribution in [0, 0.1) is 6.92 Å². The number of nitrogens with zero attached hydrogens (tertiary/aromatic N) is 2. The van der Waals surface area contributed by atoms with Crippen molar-refractivity contribution in [2.24, 2.45) is 0 Å². The summed E-state index contributed by atoms with van der Waals surface area (Å²) in [7, 11) is 0. The predicted octanol–water partition coefficient (Wildman–Crippen LogP) is 4.81. The van der Waals surface area contributed by atoms with Gasteiger partial charge >= 0.3 is 0 Å². The Hall–Kier alpha value is -2.80. The molecule has 4 aromatic rings. The smallest absolute Gasteiger partial charge is 0.262 e. The first kappa shape index (κ1) is 22.0. The quantitative estimate of drug-likeness (QED) is 0.430. The first-order chi connectivity index (χ1) is 16.1. The van der Waals surface area contributed by atoms with Gasteiger partial charge in [-0.3, -0.25) is 9.36 Å². The highest BCUT2D eigenvalue weighted by molar-refractivity contribution is 7.18. The van der Waals surface area contributed by atoms with Crippen LogP contribution in [-0.4, -0.2) is 27.4 Å². The maximum absolute atomic E-state index is 13.2. The molecule has 0 radical (unpaired) electrons. The number of hydrogen-bond acceptors (Lipinski definition) is 5. The predicted molar refractivity (Wildman–Crippen MR) is 132 cm³/mol. The van der Waals surface area contributed by atoms with Gasteiger partial charge in [-0.15, -0.1) is 11.3 Å². The number of benzene rings is 2. The van der Waals surface area contributed by atoms with Crippen LogP contribution in [0.15, 0.2) is 65.7 Å². The van der Waals surface area contributed by atoms with Crippen molar-refractivity contribution in [3.05, 3.63) is 98.4 Å². The molecule has 0 aliphatic heterocycles. The summed E-state index contributed by atoms with van der Waals surface area (Å²) in [5, 5.41) is 11.5. The van der Waals surface area contributed by atoms with Crippen LogP contribution < -0.4 is 5.56 Å². The molecule has 1 aliphatic carbocycles. The van der Waals surface area contributed by atoms with E-state index in [2.05, 4.69) is 24.0 Å². The Morgan fingerprint density at radius 1 is 1.09 bits per heavy atom. The van der Waals surface area contributed by atoms with E-state index in [4.69, 9.17) is 4.74 Å². The second kappa shape index (κ2) is 9.59. The van der Waals surface area contributed by atoms with E-state index in [0.717, 1.165) is 46.2 Å². The van der Waals surface area contributed by atoms with Crippen LogP contribution in [0.3, 0.4) is 0 Å². The number of aryl methyl sites for hydroxylation is 3. The van der Waals surface area contributed by atoms with Crippen molar-refractivity contribution < 1.29 is 9.84 Å². The molecule has 170 valence electrons. The lowest BCUT2D eigenvalue weighted by Crippen LogP contribution is -2.30. The molecule has 2 aromatic heterocycles. The Bertz CT molecular complexity index is 1310. The summed E-state index contributed by atoms with van der Waals surface area (Å²) in [5.74, 6) is 0. The van der Waals surface area contributed by atoms with E-state index in [0.29, 0.717) is 0 Å². The summed E-state index contributed by atoms with van der Waals surface area (Å²) in [6, 6.07) is 18.1. The highest BCUT2D eigenvalue weighted by atomic mass is 32.1. The third-order valence-corrected chi connectivity index (χ3v) is 7.58. The summed E-state index contributed by atoms with van der Waals surface area (Å²) < 4.78 is 7.78. The number of aromatic nitrogens is 2. The van der Waals surface area contributed by atoms with E-state index in [1.165, 1.54) is 21.4 Å². The molecule has 5 rings (SSSR count). The van der Waals surface area contributed by atoms with Crippen LogP contribution in [-0.2, 0) is 24.1 Å². The third-order valence-electron chi connectivity index (χ3n) is 6.38. The van der Waals surface area contributed by atoms with Gasteiger partial charge in [0.2, 0.25) is 0 Å². The van der Waals surface area contributed by atoms with Crippen molar-refractivity contribution in [3.63, 3.8) is 0 Å². The molecule has 6 heteroatoms. The number of ether oxygens (including phenoxy) is 1. The molecule has 2 unspecified atom stereocenters. The average Bonchev–Trinajstić information content (AvgIpc) is 3.22. The van der Waals surface area contributed by atoms with E-state index >= 15 is 0 Å². The SMILES string of the molecule is Cc1ccccc1C(OCC(O)Cn1cnc2sc3c(c2c1=O)CCCC3)c1ccccc1. The Labute approximate surface area is 197 Å². The molecule has 0 saturated carbocycles. The minimum Gasteiger partial charge on any atom is -0.389 e. The van der Waals surface area contributed by atoms with Crippen molar-refractivity contribution in [3.8, 4) is 0 Å². The van der Waals surface area contributed by atoms with Gasteiger partial charge in [-0.2, -0.15) is 0 Å². The first-order valence-corrected chi connectivity index (χ1v) is 12.3. The van der Waals surface area contributed by atoms with Crippen molar-refractivity contribution in [1.82, 2.24) is 9.55 Å². The number of hydrogen-bond donors (Lipinski definition) is 1. The molecule has 2 heterocycles. The van der Waals surface area contributed by atoms with Gasteiger partial charge in [0, 0.05) is 4.88 Å². The standard InChI is InChI=1S/C27H28N2O3S/c1-18-9-5-6-12-21(18)25(19-10-3-2-4-11-19)32-16-20(30)15-29-17-28-26-24(27(29)31)22-13-7-8-14-23(22)33-26/h2-6,9-12,17,20,25,30H,7-8,13-16H2,1H3. The fourth-order valence-corrected chi connectivity index (χ4v) is 5.89. The maximum atomic E-state index is 13.2. The van der Waals surface area contributed by atoms with Gasteiger partial charge in [-0.25, -0.2) is 4.98 Å². The molecular weight excluding hydrogens is 432 g/mol. The molecule has 0 spiro atoms. The molecule has 0 bridgehead atoms. The van der Waals surface area contributed by atoms with Gasteiger partial charge in [-0.05, 0) is 54.9 Å². The van der Waals surface area contributed by atoms with E-state index in [1.54, 1.807) is 17.7 Å². The summed E-state index contributed by atoms with van der Waals surface area (Å²) in [5.41, 5.74) is 4.35. The minimum atomic E-state index is -0.827.